The first-order valence-electron chi connectivity index (χ1n) is 10.4. The van der Waals surface area contributed by atoms with Crippen molar-refractivity contribution in [2.45, 2.75) is 36.9 Å². The van der Waals surface area contributed by atoms with Gasteiger partial charge in [-0.25, -0.2) is 8.42 Å². The molecule has 1 amide bonds. The fourth-order valence-corrected chi connectivity index (χ4v) is 6.68. The monoisotopic (exact) mass is 454 g/mol. The third-order valence-electron chi connectivity index (χ3n) is 5.57. The van der Waals surface area contributed by atoms with Gasteiger partial charge in [0.05, 0.1) is 6.04 Å². The van der Waals surface area contributed by atoms with Gasteiger partial charge in [-0.05, 0) is 62.1 Å². The maximum absolute atomic E-state index is 12.8. The van der Waals surface area contributed by atoms with Crippen LogP contribution in [0, 0.1) is 6.92 Å². The summed E-state index contributed by atoms with van der Waals surface area (Å²) in [6.07, 6.45) is 1.82. The molecule has 1 unspecified atom stereocenters. The van der Waals surface area contributed by atoms with Crippen molar-refractivity contribution in [2.75, 3.05) is 13.1 Å². The van der Waals surface area contributed by atoms with Gasteiger partial charge in [0.25, 0.3) is 15.9 Å². The highest BCUT2D eigenvalue weighted by atomic mass is 32.2. The minimum Gasteiger partial charge on any atom is -0.346 e. The molecular weight excluding hydrogens is 428 g/mol. The molecule has 1 atom stereocenters. The standard InChI is InChI=1S/C24H26N2O3S2/c1-17-8-10-19(11-9-17)18(2)25-24(27)21-7-5-6-20(16-21)22-12-13-23(30-22)31(28,29)26-14-3-4-15-26/h5-13,16,18H,3-4,14-15H2,1-2H3,(H,25,27). The summed E-state index contributed by atoms with van der Waals surface area (Å²) in [5, 5.41) is 3.04. The zero-order valence-corrected chi connectivity index (χ0v) is 19.3. The van der Waals surface area contributed by atoms with Crippen LogP contribution in [0.4, 0.5) is 0 Å². The molecule has 2 heterocycles. The molecule has 1 N–H and O–H groups in total. The van der Waals surface area contributed by atoms with Crippen molar-refractivity contribution < 1.29 is 13.2 Å². The van der Waals surface area contributed by atoms with E-state index in [2.05, 4.69) is 5.32 Å². The normalized spacial score (nSPS) is 15.7. The molecule has 1 aliphatic heterocycles. The zero-order valence-electron chi connectivity index (χ0n) is 17.7. The number of sulfonamides is 1. The Morgan fingerprint density at radius 3 is 2.45 bits per heavy atom. The number of carbonyl (C=O) groups excluding carboxylic acids is 1. The van der Waals surface area contributed by atoms with Crippen LogP contribution in [0.3, 0.4) is 0 Å². The molecule has 4 rings (SSSR count). The molecule has 31 heavy (non-hydrogen) atoms. The maximum atomic E-state index is 12.8. The van der Waals surface area contributed by atoms with E-state index in [4.69, 9.17) is 0 Å². The Labute approximate surface area is 187 Å². The number of rotatable bonds is 6. The Kier molecular flexibility index (Phi) is 6.27. The summed E-state index contributed by atoms with van der Waals surface area (Å²) in [5.41, 5.74) is 3.61. The topological polar surface area (TPSA) is 66.5 Å². The van der Waals surface area contributed by atoms with Crippen LogP contribution in [0.5, 0.6) is 0 Å². The maximum Gasteiger partial charge on any atom is 0.252 e. The summed E-state index contributed by atoms with van der Waals surface area (Å²) in [6.45, 7) is 5.17. The minimum atomic E-state index is -3.43. The Bertz CT molecular complexity index is 1180. The quantitative estimate of drug-likeness (QED) is 0.570. The van der Waals surface area contributed by atoms with Crippen molar-refractivity contribution >= 4 is 27.3 Å². The van der Waals surface area contributed by atoms with E-state index in [1.54, 1.807) is 16.4 Å². The zero-order chi connectivity index (χ0) is 22.0. The molecule has 7 heteroatoms. The first-order chi connectivity index (χ1) is 14.8. The number of benzene rings is 2. The number of hydrogen-bond donors (Lipinski definition) is 1. The van der Waals surface area contributed by atoms with E-state index in [9.17, 15) is 13.2 Å². The smallest absolute Gasteiger partial charge is 0.252 e. The van der Waals surface area contributed by atoms with Crippen LogP contribution in [-0.2, 0) is 10.0 Å². The molecule has 1 aromatic heterocycles. The third kappa shape index (κ3) is 4.74. The van der Waals surface area contributed by atoms with Gasteiger partial charge in [0.1, 0.15) is 4.21 Å². The number of hydrogen-bond acceptors (Lipinski definition) is 4. The lowest BCUT2D eigenvalue weighted by atomic mass is 10.1. The first kappa shape index (κ1) is 21.7. The van der Waals surface area contributed by atoms with E-state index in [1.807, 2.05) is 62.4 Å². The van der Waals surface area contributed by atoms with Crippen molar-refractivity contribution in [2.24, 2.45) is 0 Å². The Balaban J connectivity index is 1.51. The molecule has 2 aromatic carbocycles. The Morgan fingerprint density at radius 1 is 1.03 bits per heavy atom. The fourth-order valence-electron chi connectivity index (χ4n) is 3.70. The van der Waals surface area contributed by atoms with E-state index >= 15 is 0 Å². The van der Waals surface area contributed by atoms with Crippen molar-refractivity contribution in [3.8, 4) is 10.4 Å². The van der Waals surface area contributed by atoms with Crippen LogP contribution in [-0.4, -0.2) is 31.7 Å². The predicted octanol–water partition coefficient (Wildman–Crippen LogP) is 5.00. The SMILES string of the molecule is Cc1ccc(C(C)NC(=O)c2cccc(-c3ccc(S(=O)(=O)N4CCCC4)s3)c2)cc1. The summed E-state index contributed by atoms with van der Waals surface area (Å²) in [4.78, 5) is 13.6. The minimum absolute atomic E-state index is 0.115. The second kappa shape index (κ2) is 8.94. The van der Waals surface area contributed by atoms with Gasteiger partial charge in [0.15, 0.2) is 0 Å². The molecule has 5 nitrogen and oxygen atoms in total. The van der Waals surface area contributed by atoms with Gasteiger partial charge >= 0.3 is 0 Å². The lowest BCUT2D eigenvalue weighted by Crippen LogP contribution is -2.27. The summed E-state index contributed by atoms with van der Waals surface area (Å²) in [7, 11) is -3.43. The van der Waals surface area contributed by atoms with E-state index in [-0.39, 0.29) is 11.9 Å². The highest BCUT2D eigenvalue weighted by molar-refractivity contribution is 7.91. The molecule has 0 spiro atoms. The van der Waals surface area contributed by atoms with Crippen LogP contribution in [0.1, 0.15) is 47.3 Å². The summed E-state index contributed by atoms with van der Waals surface area (Å²) in [5.74, 6) is -0.156. The molecule has 0 radical (unpaired) electrons. The average molecular weight is 455 g/mol. The lowest BCUT2D eigenvalue weighted by molar-refractivity contribution is 0.0940. The van der Waals surface area contributed by atoms with Crippen molar-refractivity contribution in [1.29, 1.82) is 0 Å². The molecule has 1 aliphatic rings. The number of aryl methyl sites for hydroxylation is 1. The van der Waals surface area contributed by atoms with Crippen molar-refractivity contribution in [3.63, 3.8) is 0 Å². The first-order valence-corrected chi connectivity index (χ1v) is 12.7. The van der Waals surface area contributed by atoms with Gasteiger partial charge < -0.3 is 5.32 Å². The lowest BCUT2D eigenvalue weighted by Gasteiger charge is -2.15. The van der Waals surface area contributed by atoms with E-state index < -0.39 is 10.0 Å². The summed E-state index contributed by atoms with van der Waals surface area (Å²) < 4.78 is 27.5. The van der Waals surface area contributed by atoms with Gasteiger partial charge in [-0.3, -0.25) is 4.79 Å². The van der Waals surface area contributed by atoms with Crippen LogP contribution in [0.2, 0.25) is 0 Å². The molecular formula is C24H26N2O3S2. The average Bonchev–Trinajstić information content (AvgIpc) is 3.47. The van der Waals surface area contributed by atoms with Gasteiger partial charge in [-0.15, -0.1) is 11.3 Å². The number of amides is 1. The van der Waals surface area contributed by atoms with E-state index in [0.717, 1.165) is 28.8 Å². The highest BCUT2D eigenvalue weighted by Crippen LogP contribution is 2.33. The molecule has 162 valence electrons. The van der Waals surface area contributed by atoms with Crippen LogP contribution < -0.4 is 5.32 Å². The van der Waals surface area contributed by atoms with Crippen molar-refractivity contribution in [3.05, 3.63) is 77.4 Å². The van der Waals surface area contributed by atoms with Crippen LogP contribution in [0.15, 0.2) is 64.9 Å². The highest BCUT2D eigenvalue weighted by Gasteiger charge is 2.28. The molecule has 0 aliphatic carbocycles. The van der Waals surface area contributed by atoms with Gasteiger partial charge in [0.2, 0.25) is 0 Å². The van der Waals surface area contributed by atoms with E-state index in [1.165, 1.54) is 16.9 Å². The third-order valence-corrected chi connectivity index (χ3v) is 9.08. The molecule has 0 saturated carbocycles. The molecule has 3 aromatic rings. The van der Waals surface area contributed by atoms with Gasteiger partial charge in [0, 0.05) is 23.5 Å². The molecule has 1 fully saturated rings. The van der Waals surface area contributed by atoms with Gasteiger partial charge in [-0.1, -0.05) is 42.0 Å². The number of thiophene rings is 1. The Hall–Kier alpha value is -2.48. The van der Waals surface area contributed by atoms with Crippen LogP contribution >= 0.6 is 11.3 Å². The number of nitrogens with zero attached hydrogens (tertiary/aromatic N) is 1. The Morgan fingerprint density at radius 2 is 1.74 bits per heavy atom. The molecule has 1 saturated heterocycles. The van der Waals surface area contributed by atoms with E-state index in [0.29, 0.717) is 22.9 Å². The summed E-state index contributed by atoms with van der Waals surface area (Å²) >= 11 is 1.25. The van der Waals surface area contributed by atoms with Crippen molar-refractivity contribution in [1.82, 2.24) is 9.62 Å². The molecule has 0 bridgehead atoms. The predicted molar refractivity (Wildman–Crippen MR) is 125 cm³/mol. The fraction of sp³-hybridized carbons (Fsp3) is 0.292. The van der Waals surface area contributed by atoms with Gasteiger partial charge in [-0.2, -0.15) is 4.31 Å². The number of carbonyl (C=O) groups is 1. The summed E-state index contributed by atoms with van der Waals surface area (Å²) in [6, 6.07) is 18.8. The number of nitrogens with one attached hydrogen (secondary N) is 1. The largest absolute Gasteiger partial charge is 0.346 e. The second-order valence-electron chi connectivity index (χ2n) is 7.92. The van der Waals surface area contributed by atoms with Crippen LogP contribution in [0.25, 0.3) is 10.4 Å². The second-order valence-corrected chi connectivity index (χ2v) is 11.2.